The van der Waals surface area contributed by atoms with Gasteiger partial charge in [0.1, 0.15) is 0 Å². The quantitative estimate of drug-likeness (QED) is 0.724. The van der Waals surface area contributed by atoms with Crippen LogP contribution in [0, 0.1) is 18.8 Å². The third-order valence-corrected chi connectivity index (χ3v) is 2.62. The van der Waals surface area contributed by atoms with Crippen molar-refractivity contribution in [1.82, 2.24) is 4.98 Å². The monoisotopic (exact) mass is 241 g/mol. The topological polar surface area (TPSA) is 22.1 Å². The minimum Gasteiger partial charge on any atom is -0.490 e. The lowest BCUT2D eigenvalue weighted by molar-refractivity contribution is 0.238. The van der Waals surface area contributed by atoms with Crippen LogP contribution in [0.5, 0.6) is 5.75 Å². The number of ether oxygens (including phenoxy) is 1. The van der Waals surface area contributed by atoms with Crippen LogP contribution in [0.4, 0.5) is 0 Å². The molecule has 0 N–H and O–H groups in total. The first kappa shape index (κ1) is 13.3. The molecule has 1 unspecified atom stereocenters. The number of aromatic nitrogens is 1. The molecule has 2 nitrogen and oxygen atoms in total. The molecule has 16 heavy (non-hydrogen) atoms. The van der Waals surface area contributed by atoms with Crippen LogP contribution in [0.25, 0.3) is 0 Å². The van der Waals surface area contributed by atoms with E-state index in [9.17, 15) is 0 Å². The Bertz CT molecular complexity index is 339. The molecule has 1 aromatic heterocycles. The summed E-state index contributed by atoms with van der Waals surface area (Å²) in [5.41, 5.74) is 0.910. The second kappa shape index (κ2) is 6.09. The number of rotatable bonds is 5. The van der Waals surface area contributed by atoms with Crippen molar-refractivity contribution in [2.24, 2.45) is 11.8 Å². The molecule has 0 fully saturated rings. The van der Waals surface area contributed by atoms with E-state index in [1.807, 2.05) is 19.1 Å². The van der Waals surface area contributed by atoms with E-state index in [0.717, 1.165) is 12.1 Å². The van der Waals surface area contributed by atoms with Crippen molar-refractivity contribution in [3.8, 4) is 5.75 Å². The van der Waals surface area contributed by atoms with Crippen LogP contribution in [0.3, 0.4) is 0 Å². The van der Waals surface area contributed by atoms with E-state index in [0.29, 0.717) is 29.3 Å². The first-order valence-corrected chi connectivity index (χ1v) is 6.12. The van der Waals surface area contributed by atoms with Crippen molar-refractivity contribution in [3.05, 3.63) is 23.0 Å². The van der Waals surface area contributed by atoms with Gasteiger partial charge in [-0.1, -0.05) is 32.4 Å². The number of aryl methyl sites for hydroxylation is 1. The molecule has 0 aliphatic rings. The summed E-state index contributed by atoms with van der Waals surface area (Å²) in [6, 6.07) is 3.79. The fourth-order valence-electron chi connectivity index (χ4n) is 1.72. The Morgan fingerprint density at radius 2 is 2.00 bits per heavy atom. The number of hydrogen-bond donors (Lipinski definition) is 0. The highest BCUT2D eigenvalue weighted by atomic mass is 35.5. The summed E-state index contributed by atoms with van der Waals surface area (Å²) in [6.45, 7) is 9.24. The molecule has 0 aliphatic carbocycles. The lowest BCUT2D eigenvalue weighted by atomic mass is 10.00. The van der Waals surface area contributed by atoms with E-state index >= 15 is 0 Å². The minimum atomic E-state index is 0.455. The number of hydrogen-bond acceptors (Lipinski definition) is 2. The maximum atomic E-state index is 5.98. The van der Waals surface area contributed by atoms with Gasteiger partial charge in [-0.25, -0.2) is 4.98 Å². The summed E-state index contributed by atoms with van der Waals surface area (Å²) in [7, 11) is 0. The van der Waals surface area contributed by atoms with Crippen LogP contribution >= 0.6 is 11.6 Å². The van der Waals surface area contributed by atoms with Crippen LogP contribution in [-0.2, 0) is 0 Å². The first-order chi connectivity index (χ1) is 7.49. The van der Waals surface area contributed by atoms with Gasteiger partial charge in [-0.3, -0.25) is 0 Å². The van der Waals surface area contributed by atoms with E-state index in [2.05, 4.69) is 25.8 Å². The molecule has 90 valence electrons. The summed E-state index contributed by atoms with van der Waals surface area (Å²) in [5.74, 6) is 1.92. The molecule has 0 radical (unpaired) electrons. The zero-order chi connectivity index (χ0) is 12.1. The predicted molar refractivity (Wildman–Crippen MR) is 68.1 cm³/mol. The molecular formula is C13H20ClNO. The van der Waals surface area contributed by atoms with E-state index < -0.39 is 0 Å². The van der Waals surface area contributed by atoms with Crippen LogP contribution in [0.1, 0.15) is 32.9 Å². The summed E-state index contributed by atoms with van der Waals surface area (Å²) >= 11 is 5.98. The minimum absolute atomic E-state index is 0.455. The maximum Gasteiger partial charge on any atom is 0.171 e. The van der Waals surface area contributed by atoms with Crippen molar-refractivity contribution >= 4 is 11.6 Å². The van der Waals surface area contributed by atoms with Crippen molar-refractivity contribution in [2.75, 3.05) is 6.61 Å². The average molecular weight is 242 g/mol. The van der Waals surface area contributed by atoms with Crippen molar-refractivity contribution < 1.29 is 4.74 Å². The van der Waals surface area contributed by atoms with Gasteiger partial charge in [-0.05, 0) is 37.3 Å². The Morgan fingerprint density at radius 1 is 1.31 bits per heavy atom. The highest BCUT2D eigenvalue weighted by Gasteiger charge is 2.08. The third kappa shape index (κ3) is 4.40. The Morgan fingerprint density at radius 3 is 2.56 bits per heavy atom. The smallest absolute Gasteiger partial charge is 0.171 e. The standard InChI is InChI=1S/C13H20ClNO/c1-9(2)7-10(3)8-16-12-6-5-11(4)15-13(12)14/h5-6,9-10H,7-8H2,1-4H3. The number of nitrogens with zero attached hydrogens (tertiary/aromatic N) is 1. The van der Waals surface area contributed by atoms with Gasteiger partial charge in [0.25, 0.3) is 0 Å². The fourth-order valence-corrected chi connectivity index (χ4v) is 1.98. The predicted octanol–water partition coefficient (Wildman–Crippen LogP) is 4.10. The normalized spacial score (nSPS) is 12.9. The maximum absolute atomic E-state index is 5.98. The molecule has 1 aromatic rings. The number of halogens is 1. The fraction of sp³-hybridized carbons (Fsp3) is 0.615. The van der Waals surface area contributed by atoms with E-state index in [-0.39, 0.29) is 0 Å². The van der Waals surface area contributed by atoms with Gasteiger partial charge < -0.3 is 4.74 Å². The number of pyridine rings is 1. The van der Waals surface area contributed by atoms with E-state index in [1.165, 1.54) is 0 Å². The van der Waals surface area contributed by atoms with Crippen LogP contribution in [0.15, 0.2) is 12.1 Å². The highest BCUT2D eigenvalue weighted by molar-refractivity contribution is 6.30. The van der Waals surface area contributed by atoms with E-state index in [4.69, 9.17) is 16.3 Å². The molecule has 0 aromatic carbocycles. The molecule has 0 amide bonds. The van der Waals surface area contributed by atoms with Crippen LogP contribution in [0.2, 0.25) is 5.15 Å². The summed E-state index contributed by atoms with van der Waals surface area (Å²) < 4.78 is 5.66. The molecule has 1 heterocycles. The van der Waals surface area contributed by atoms with Gasteiger partial charge in [0.15, 0.2) is 10.9 Å². The van der Waals surface area contributed by atoms with Crippen LogP contribution < -0.4 is 4.74 Å². The Hall–Kier alpha value is -0.760. The molecule has 1 atom stereocenters. The Balaban J connectivity index is 2.48. The Labute approximate surface area is 103 Å². The molecule has 3 heteroatoms. The Kier molecular flexibility index (Phi) is 5.07. The zero-order valence-electron chi connectivity index (χ0n) is 10.5. The molecule has 0 saturated carbocycles. The molecule has 0 spiro atoms. The first-order valence-electron chi connectivity index (χ1n) is 5.75. The molecule has 0 aliphatic heterocycles. The molecule has 0 bridgehead atoms. The molecular weight excluding hydrogens is 222 g/mol. The van der Waals surface area contributed by atoms with Crippen LogP contribution in [-0.4, -0.2) is 11.6 Å². The lowest BCUT2D eigenvalue weighted by Gasteiger charge is -2.15. The summed E-state index contributed by atoms with van der Waals surface area (Å²) in [4.78, 5) is 4.15. The lowest BCUT2D eigenvalue weighted by Crippen LogP contribution is -2.11. The van der Waals surface area contributed by atoms with Gasteiger partial charge >= 0.3 is 0 Å². The van der Waals surface area contributed by atoms with Gasteiger partial charge in [0.05, 0.1) is 6.61 Å². The van der Waals surface area contributed by atoms with Crippen molar-refractivity contribution in [2.45, 2.75) is 34.1 Å². The van der Waals surface area contributed by atoms with Crippen molar-refractivity contribution in [1.29, 1.82) is 0 Å². The van der Waals surface area contributed by atoms with Gasteiger partial charge in [0.2, 0.25) is 0 Å². The van der Waals surface area contributed by atoms with Gasteiger partial charge in [-0.2, -0.15) is 0 Å². The molecule has 1 rings (SSSR count). The van der Waals surface area contributed by atoms with E-state index in [1.54, 1.807) is 0 Å². The second-order valence-electron chi connectivity index (χ2n) is 4.79. The highest BCUT2D eigenvalue weighted by Crippen LogP contribution is 2.23. The SMILES string of the molecule is Cc1ccc(OCC(C)CC(C)C)c(Cl)n1. The van der Waals surface area contributed by atoms with Gasteiger partial charge in [-0.15, -0.1) is 0 Å². The molecule has 0 saturated heterocycles. The third-order valence-electron chi connectivity index (χ3n) is 2.35. The average Bonchev–Trinajstić information content (AvgIpc) is 2.15. The second-order valence-corrected chi connectivity index (χ2v) is 5.15. The summed E-state index contributed by atoms with van der Waals surface area (Å²) in [6.07, 6.45) is 1.16. The summed E-state index contributed by atoms with van der Waals surface area (Å²) in [5, 5.41) is 0.455. The largest absolute Gasteiger partial charge is 0.490 e. The van der Waals surface area contributed by atoms with Crippen molar-refractivity contribution in [3.63, 3.8) is 0 Å². The zero-order valence-corrected chi connectivity index (χ0v) is 11.2. The van der Waals surface area contributed by atoms with Gasteiger partial charge in [0, 0.05) is 5.69 Å².